The van der Waals surface area contributed by atoms with E-state index in [2.05, 4.69) is 0 Å². The molecule has 0 N–H and O–H groups in total. The molecule has 27 heavy (non-hydrogen) atoms. The summed E-state index contributed by atoms with van der Waals surface area (Å²) in [6.45, 7) is 1.90. The fourth-order valence-corrected chi connectivity index (χ4v) is 4.88. The zero-order valence-electron chi connectivity index (χ0n) is 14.7. The molecule has 0 aliphatic carbocycles. The average molecular weight is 386 g/mol. The number of β-lactam (4-membered cyclic amide) rings is 1. The Bertz CT molecular complexity index is 850. The molecule has 4 rings (SSSR count). The van der Waals surface area contributed by atoms with E-state index in [-0.39, 0.29) is 37.0 Å². The van der Waals surface area contributed by atoms with Gasteiger partial charge in [0.05, 0.1) is 0 Å². The number of ether oxygens (including phenoxy) is 1. The maximum atomic E-state index is 12.7. The van der Waals surface area contributed by atoms with E-state index in [1.54, 1.807) is 6.92 Å². The number of nitrogens with zero attached hydrogens (tertiary/aromatic N) is 2. The first-order chi connectivity index (χ1) is 13.0. The fraction of sp³-hybridized carbons (Fsp3) is 0.368. The molecule has 3 aliphatic heterocycles. The molecule has 0 radical (unpaired) electrons. The van der Waals surface area contributed by atoms with Crippen molar-refractivity contribution in [3.63, 3.8) is 0 Å². The predicted octanol–water partition coefficient (Wildman–Crippen LogP) is 1.44. The lowest BCUT2D eigenvalue weighted by Gasteiger charge is -2.51. The van der Waals surface area contributed by atoms with Gasteiger partial charge in [-0.3, -0.25) is 24.2 Å². The van der Waals surface area contributed by atoms with Gasteiger partial charge >= 0.3 is 5.97 Å². The Morgan fingerprint density at radius 1 is 1.11 bits per heavy atom. The molecule has 3 heterocycles. The van der Waals surface area contributed by atoms with Crippen molar-refractivity contribution in [2.45, 2.75) is 37.8 Å². The maximum absolute atomic E-state index is 12.7. The van der Waals surface area contributed by atoms with Crippen LogP contribution in [0.25, 0.3) is 0 Å². The van der Waals surface area contributed by atoms with Crippen molar-refractivity contribution in [2.24, 2.45) is 0 Å². The summed E-state index contributed by atoms with van der Waals surface area (Å²) in [5.74, 6) is -1.07. The molecular formula is C19H18N2O5S. The summed E-state index contributed by atoms with van der Waals surface area (Å²) in [5.41, 5.74) is 1.84. The quantitative estimate of drug-likeness (QED) is 0.442. The van der Waals surface area contributed by atoms with Crippen molar-refractivity contribution in [1.82, 2.24) is 9.80 Å². The van der Waals surface area contributed by atoms with Gasteiger partial charge in [0.25, 0.3) is 5.91 Å². The van der Waals surface area contributed by atoms with Crippen molar-refractivity contribution in [3.8, 4) is 0 Å². The van der Waals surface area contributed by atoms with Gasteiger partial charge in [-0.1, -0.05) is 30.3 Å². The molecular weight excluding hydrogens is 368 g/mol. The Hall–Kier alpha value is -2.61. The number of benzene rings is 1. The minimum absolute atomic E-state index is 0.114. The molecule has 2 saturated heterocycles. The SMILES string of the molecule is CC1=C(C(=O)OCc2ccccc2)N2C(=O)C(N3C(=O)CCC3=O)[C@H]2SC1. The summed E-state index contributed by atoms with van der Waals surface area (Å²) in [5, 5.41) is -0.425. The van der Waals surface area contributed by atoms with Crippen LogP contribution in [0.2, 0.25) is 0 Å². The second kappa shape index (κ2) is 6.84. The summed E-state index contributed by atoms with van der Waals surface area (Å²) in [7, 11) is 0. The van der Waals surface area contributed by atoms with Crippen LogP contribution >= 0.6 is 11.8 Å². The van der Waals surface area contributed by atoms with Crippen LogP contribution in [0.15, 0.2) is 41.6 Å². The lowest BCUT2D eigenvalue weighted by Crippen LogP contribution is -2.71. The van der Waals surface area contributed by atoms with Crippen LogP contribution in [0.5, 0.6) is 0 Å². The van der Waals surface area contributed by atoms with Gasteiger partial charge in [-0.15, -0.1) is 11.8 Å². The normalized spacial score (nSPS) is 24.9. The molecule has 7 nitrogen and oxygen atoms in total. The van der Waals surface area contributed by atoms with Gasteiger partial charge < -0.3 is 4.74 Å². The Balaban J connectivity index is 1.51. The molecule has 1 aromatic rings. The van der Waals surface area contributed by atoms with Crippen molar-refractivity contribution >= 4 is 35.5 Å². The second-order valence-electron chi connectivity index (χ2n) is 6.70. The van der Waals surface area contributed by atoms with E-state index in [4.69, 9.17) is 4.74 Å². The van der Waals surface area contributed by atoms with Gasteiger partial charge in [-0.05, 0) is 18.1 Å². The van der Waals surface area contributed by atoms with Crippen LogP contribution in [-0.4, -0.2) is 50.7 Å². The van der Waals surface area contributed by atoms with Crippen LogP contribution in [0.3, 0.4) is 0 Å². The Kier molecular flexibility index (Phi) is 4.51. The third-order valence-corrected chi connectivity index (χ3v) is 6.31. The summed E-state index contributed by atoms with van der Waals surface area (Å²) in [6, 6.07) is 8.47. The monoisotopic (exact) mass is 386 g/mol. The van der Waals surface area contributed by atoms with Gasteiger partial charge in [0.15, 0.2) is 0 Å². The van der Waals surface area contributed by atoms with E-state index in [1.165, 1.54) is 16.7 Å². The van der Waals surface area contributed by atoms with E-state index >= 15 is 0 Å². The Morgan fingerprint density at radius 2 is 1.78 bits per heavy atom. The zero-order valence-corrected chi connectivity index (χ0v) is 15.5. The van der Waals surface area contributed by atoms with Gasteiger partial charge in [-0.2, -0.15) is 0 Å². The number of likely N-dealkylation sites (tertiary alicyclic amines) is 1. The smallest absolute Gasteiger partial charge is 0.355 e. The van der Waals surface area contributed by atoms with Gasteiger partial charge in [-0.25, -0.2) is 4.79 Å². The Labute approximate surface area is 160 Å². The summed E-state index contributed by atoms with van der Waals surface area (Å²) >= 11 is 1.45. The van der Waals surface area contributed by atoms with Gasteiger partial charge in [0, 0.05) is 18.6 Å². The molecule has 0 aromatic heterocycles. The first-order valence-corrected chi connectivity index (χ1v) is 9.74. The molecule has 3 amide bonds. The van der Waals surface area contributed by atoms with E-state index in [0.717, 1.165) is 16.0 Å². The number of amides is 3. The topological polar surface area (TPSA) is 84.0 Å². The van der Waals surface area contributed by atoms with Gasteiger partial charge in [0.1, 0.15) is 23.7 Å². The molecule has 0 bridgehead atoms. The number of carbonyl (C=O) groups excluding carboxylic acids is 4. The second-order valence-corrected chi connectivity index (χ2v) is 7.81. The summed E-state index contributed by atoms with van der Waals surface area (Å²) < 4.78 is 5.39. The van der Waals surface area contributed by atoms with Crippen LogP contribution in [-0.2, 0) is 30.5 Å². The van der Waals surface area contributed by atoms with Crippen molar-refractivity contribution in [3.05, 3.63) is 47.2 Å². The molecule has 1 aromatic carbocycles. The van der Waals surface area contributed by atoms with Crippen molar-refractivity contribution in [1.29, 1.82) is 0 Å². The standard InChI is InChI=1S/C19H18N2O5S/c1-11-10-27-18-16(20-13(22)7-8-14(20)23)17(24)21(18)15(11)19(25)26-9-12-5-3-2-4-6-12/h2-6,16,18H,7-10H2,1H3/t16?,18-/m1/s1. The van der Waals surface area contributed by atoms with E-state index in [0.29, 0.717) is 5.75 Å². The number of fused-ring (bicyclic) bond motifs is 1. The molecule has 0 spiro atoms. The average Bonchev–Trinajstić information content (AvgIpc) is 2.99. The number of imide groups is 1. The summed E-state index contributed by atoms with van der Waals surface area (Å²) in [6.07, 6.45) is 0.279. The molecule has 1 unspecified atom stereocenters. The number of carbonyl (C=O) groups is 4. The number of esters is 1. The number of thioether (sulfide) groups is 1. The van der Waals surface area contributed by atoms with Crippen LogP contribution in [0.1, 0.15) is 25.3 Å². The highest BCUT2D eigenvalue weighted by Gasteiger charge is 2.58. The van der Waals surface area contributed by atoms with E-state index in [9.17, 15) is 19.2 Å². The highest BCUT2D eigenvalue weighted by Crippen LogP contribution is 2.43. The molecule has 8 heteroatoms. The van der Waals surface area contributed by atoms with Crippen LogP contribution in [0.4, 0.5) is 0 Å². The minimum atomic E-state index is -0.817. The van der Waals surface area contributed by atoms with Crippen molar-refractivity contribution in [2.75, 3.05) is 5.75 Å². The summed E-state index contributed by atoms with van der Waals surface area (Å²) in [4.78, 5) is 51.8. The largest absolute Gasteiger partial charge is 0.456 e. The molecule has 0 saturated carbocycles. The molecule has 3 aliphatic rings. The lowest BCUT2D eigenvalue weighted by molar-refractivity contribution is -0.163. The van der Waals surface area contributed by atoms with E-state index in [1.807, 2.05) is 30.3 Å². The van der Waals surface area contributed by atoms with Crippen molar-refractivity contribution < 1.29 is 23.9 Å². The van der Waals surface area contributed by atoms with Crippen LogP contribution in [0, 0.1) is 0 Å². The first-order valence-electron chi connectivity index (χ1n) is 8.69. The zero-order chi connectivity index (χ0) is 19.1. The third kappa shape index (κ3) is 2.93. The van der Waals surface area contributed by atoms with Gasteiger partial charge in [0.2, 0.25) is 11.8 Å². The highest BCUT2D eigenvalue weighted by atomic mass is 32.2. The molecule has 140 valence electrons. The fourth-order valence-electron chi connectivity index (χ4n) is 3.54. The minimum Gasteiger partial charge on any atom is -0.456 e. The molecule has 2 atom stereocenters. The predicted molar refractivity (Wildman–Crippen MR) is 96.9 cm³/mol. The first kappa shape index (κ1) is 17.8. The van der Waals surface area contributed by atoms with Crippen LogP contribution < -0.4 is 0 Å². The maximum Gasteiger partial charge on any atom is 0.355 e. The highest BCUT2D eigenvalue weighted by molar-refractivity contribution is 8.00. The lowest BCUT2D eigenvalue weighted by atomic mass is 10.0. The number of hydrogen-bond donors (Lipinski definition) is 0. The molecule has 2 fully saturated rings. The number of rotatable bonds is 4. The number of hydrogen-bond acceptors (Lipinski definition) is 6. The third-order valence-electron chi connectivity index (χ3n) is 4.91. The van der Waals surface area contributed by atoms with E-state index < -0.39 is 23.3 Å². The Morgan fingerprint density at radius 3 is 2.44 bits per heavy atom.